The van der Waals surface area contributed by atoms with Gasteiger partial charge in [-0.1, -0.05) is 44.2 Å². The molecule has 2 heterocycles. The van der Waals surface area contributed by atoms with Gasteiger partial charge >= 0.3 is 6.03 Å². The summed E-state index contributed by atoms with van der Waals surface area (Å²) in [5.74, 6) is 0.306. The average molecular weight is 309 g/mol. The van der Waals surface area contributed by atoms with E-state index in [0.29, 0.717) is 12.5 Å². The second kappa shape index (κ2) is 6.82. The van der Waals surface area contributed by atoms with Crippen molar-refractivity contribution in [3.8, 4) is 0 Å². The number of hydrogen-bond acceptors (Lipinski definition) is 2. The van der Waals surface area contributed by atoms with Crippen LogP contribution < -0.4 is 5.32 Å². The van der Waals surface area contributed by atoms with Crippen LogP contribution in [-0.2, 0) is 13.0 Å². The third kappa shape index (κ3) is 3.52. The van der Waals surface area contributed by atoms with Crippen LogP contribution in [0.15, 0.2) is 48.8 Å². The monoisotopic (exact) mass is 309 g/mol. The normalized spacial score (nSPS) is 15.2. The van der Waals surface area contributed by atoms with Crippen LogP contribution in [0.3, 0.4) is 0 Å². The van der Waals surface area contributed by atoms with Crippen molar-refractivity contribution in [2.45, 2.75) is 32.9 Å². The summed E-state index contributed by atoms with van der Waals surface area (Å²) in [7, 11) is 0. The molecule has 2 aromatic rings. The van der Waals surface area contributed by atoms with Gasteiger partial charge in [0, 0.05) is 25.5 Å². The molecule has 1 aliphatic rings. The summed E-state index contributed by atoms with van der Waals surface area (Å²) in [6, 6.07) is 12.3. The van der Waals surface area contributed by atoms with E-state index in [9.17, 15) is 4.79 Å². The van der Waals surface area contributed by atoms with Gasteiger partial charge in [-0.05, 0) is 35.1 Å². The molecule has 120 valence electrons. The van der Waals surface area contributed by atoms with Crippen LogP contribution >= 0.6 is 0 Å². The summed E-state index contributed by atoms with van der Waals surface area (Å²) in [6.45, 7) is 5.67. The second-order valence-electron chi connectivity index (χ2n) is 6.40. The maximum absolute atomic E-state index is 12.7. The fraction of sp³-hybridized carbons (Fsp3) is 0.368. The zero-order chi connectivity index (χ0) is 16.2. The van der Waals surface area contributed by atoms with Crippen molar-refractivity contribution < 1.29 is 4.79 Å². The second-order valence-corrected chi connectivity index (χ2v) is 6.40. The number of fused-ring (bicyclic) bond motifs is 1. The van der Waals surface area contributed by atoms with Crippen LogP contribution in [0.5, 0.6) is 0 Å². The maximum atomic E-state index is 12.7. The maximum Gasteiger partial charge on any atom is 0.318 e. The fourth-order valence-electron chi connectivity index (χ4n) is 3.09. The molecule has 1 aromatic heterocycles. The molecule has 0 aliphatic carbocycles. The van der Waals surface area contributed by atoms with E-state index in [1.807, 2.05) is 29.3 Å². The molecular formula is C19H23N3O. The number of benzene rings is 1. The molecule has 0 unspecified atom stereocenters. The Morgan fingerprint density at radius 3 is 2.65 bits per heavy atom. The van der Waals surface area contributed by atoms with Crippen molar-refractivity contribution in [3.63, 3.8) is 0 Å². The van der Waals surface area contributed by atoms with Crippen LogP contribution in [0.1, 0.15) is 36.6 Å². The fourth-order valence-corrected chi connectivity index (χ4v) is 3.09. The zero-order valence-corrected chi connectivity index (χ0v) is 13.7. The zero-order valence-electron chi connectivity index (χ0n) is 13.7. The number of carbonyl (C=O) groups excluding carboxylic acids is 1. The molecule has 0 saturated heterocycles. The van der Waals surface area contributed by atoms with Crippen LogP contribution in [0.2, 0.25) is 0 Å². The highest BCUT2D eigenvalue weighted by Crippen LogP contribution is 2.23. The first-order valence-electron chi connectivity index (χ1n) is 8.17. The van der Waals surface area contributed by atoms with Gasteiger partial charge in [0.25, 0.3) is 0 Å². The Morgan fingerprint density at radius 1 is 1.17 bits per heavy atom. The Labute approximate surface area is 137 Å². The lowest BCUT2D eigenvalue weighted by molar-refractivity contribution is 0.184. The predicted octanol–water partition coefficient (Wildman–Crippen LogP) is 3.55. The highest BCUT2D eigenvalue weighted by atomic mass is 16.2. The summed E-state index contributed by atoms with van der Waals surface area (Å²) in [4.78, 5) is 18.8. The first-order valence-corrected chi connectivity index (χ1v) is 8.17. The minimum absolute atomic E-state index is 0.00190. The van der Waals surface area contributed by atoms with Crippen LogP contribution in [0, 0.1) is 5.92 Å². The van der Waals surface area contributed by atoms with E-state index in [-0.39, 0.29) is 12.1 Å². The Morgan fingerprint density at radius 2 is 1.96 bits per heavy atom. The van der Waals surface area contributed by atoms with E-state index < -0.39 is 0 Å². The van der Waals surface area contributed by atoms with Crippen molar-refractivity contribution in [1.29, 1.82) is 0 Å². The van der Waals surface area contributed by atoms with Gasteiger partial charge in [0.15, 0.2) is 0 Å². The summed E-state index contributed by atoms with van der Waals surface area (Å²) in [5, 5.41) is 3.18. The van der Waals surface area contributed by atoms with E-state index in [1.165, 1.54) is 11.1 Å². The van der Waals surface area contributed by atoms with Gasteiger partial charge in [-0.15, -0.1) is 0 Å². The summed E-state index contributed by atoms with van der Waals surface area (Å²) >= 11 is 0. The van der Waals surface area contributed by atoms with Gasteiger partial charge in [0.2, 0.25) is 0 Å². The number of aromatic nitrogens is 1. The molecule has 23 heavy (non-hydrogen) atoms. The topological polar surface area (TPSA) is 45.2 Å². The predicted molar refractivity (Wildman–Crippen MR) is 90.9 cm³/mol. The van der Waals surface area contributed by atoms with Crippen molar-refractivity contribution >= 4 is 6.03 Å². The molecule has 1 aromatic carbocycles. The first-order chi connectivity index (χ1) is 11.1. The van der Waals surface area contributed by atoms with E-state index in [4.69, 9.17) is 0 Å². The van der Waals surface area contributed by atoms with E-state index >= 15 is 0 Å². The summed E-state index contributed by atoms with van der Waals surface area (Å²) in [5.41, 5.74) is 3.65. The van der Waals surface area contributed by atoms with Gasteiger partial charge in [0.1, 0.15) is 0 Å². The van der Waals surface area contributed by atoms with Gasteiger partial charge in [0.05, 0.1) is 6.04 Å². The van der Waals surface area contributed by atoms with Crippen molar-refractivity contribution in [1.82, 2.24) is 15.2 Å². The quantitative estimate of drug-likeness (QED) is 0.942. The van der Waals surface area contributed by atoms with Crippen LogP contribution in [-0.4, -0.2) is 22.5 Å². The van der Waals surface area contributed by atoms with Gasteiger partial charge in [-0.25, -0.2) is 4.79 Å². The lowest BCUT2D eigenvalue weighted by Crippen LogP contribution is -2.45. The van der Waals surface area contributed by atoms with Crippen molar-refractivity contribution in [2.75, 3.05) is 6.54 Å². The smallest absolute Gasteiger partial charge is 0.318 e. The van der Waals surface area contributed by atoms with E-state index in [2.05, 4.69) is 42.3 Å². The van der Waals surface area contributed by atoms with E-state index in [1.54, 1.807) is 6.20 Å². The minimum Gasteiger partial charge on any atom is -0.331 e. The highest BCUT2D eigenvalue weighted by Gasteiger charge is 2.24. The number of pyridine rings is 1. The molecule has 4 nitrogen and oxygen atoms in total. The van der Waals surface area contributed by atoms with Gasteiger partial charge in [-0.2, -0.15) is 0 Å². The van der Waals surface area contributed by atoms with Crippen LogP contribution in [0.25, 0.3) is 0 Å². The molecule has 0 bridgehead atoms. The number of carbonyl (C=O) groups is 1. The van der Waals surface area contributed by atoms with Crippen molar-refractivity contribution in [2.24, 2.45) is 5.92 Å². The third-order valence-corrected chi connectivity index (χ3v) is 4.41. The number of nitrogens with zero attached hydrogens (tertiary/aromatic N) is 2. The van der Waals surface area contributed by atoms with Gasteiger partial charge < -0.3 is 10.2 Å². The molecule has 4 heteroatoms. The first kappa shape index (κ1) is 15.5. The number of urea groups is 1. The standard InChI is InChI=1S/C19H23N3O/c1-14(2)18(16-8-5-10-20-12-16)21-19(23)22-11-9-15-6-3-4-7-17(15)13-22/h3-8,10,12,14,18H,9,11,13H2,1-2H3,(H,21,23)/t18-/m0/s1. The Kier molecular flexibility index (Phi) is 4.60. The molecule has 1 N–H and O–H groups in total. The largest absolute Gasteiger partial charge is 0.331 e. The number of nitrogens with one attached hydrogen (secondary N) is 1. The minimum atomic E-state index is -0.0200. The molecule has 0 radical (unpaired) electrons. The molecule has 2 amide bonds. The lowest BCUT2D eigenvalue weighted by atomic mass is 9.97. The molecule has 1 atom stereocenters. The molecule has 3 rings (SSSR count). The number of rotatable bonds is 3. The Bertz CT molecular complexity index is 669. The summed E-state index contributed by atoms with van der Waals surface area (Å²) in [6.07, 6.45) is 4.50. The number of hydrogen-bond donors (Lipinski definition) is 1. The lowest BCUT2D eigenvalue weighted by Gasteiger charge is -2.32. The average Bonchev–Trinajstić information content (AvgIpc) is 2.59. The van der Waals surface area contributed by atoms with Crippen molar-refractivity contribution in [3.05, 3.63) is 65.5 Å². The number of amides is 2. The molecule has 0 saturated carbocycles. The third-order valence-electron chi connectivity index (χ3n) is 4.41. The Balaban J connectivity index is 1.71. The van der Waals surface area contributed by atoms with Crippen LogP contribution in [0.4, 0.5) is 4.79 Å². The Hall–Kier alpha value is -2.36. The molecule has 0 spiro atoms. The SMILES string of the molecule is CC(C)[C@H](NC(=O)N1CCc2ccccc2C1)c1cccnc1. The summed E-state index contributed by atoms with van der Waals surface area (Å²) < 4.78 is 0. The molecular weight excluding hydrogens is 286 g/mol. The molecule has 0 fully saturated rings. The highest BCUT2D eigenvalue weighted by molar-refractivity contribution is 5.75. The van der Waals surface area contributed by atoms with E-state index in [0.717, 1.165) is 18.5 Å². The molecule has 1 aliphatic heterocycles. The van der Waals surface area contributed by atoms with Gasteiger partial charge in [-0.3, -0.25) is 4.98 Å².